The Bertz CT molecular complexity index is 509. The van der Waals surface area contributed by atoms with Crippen LogP contribution >= 0.6 is 11.8 Å². The largest absolute Gasteiger partial charge is 0.383 e. The highest BCUT2D eigenvalue weighted by Gasteiger charge is 2.10. The Morgan fingerprint density at radius 2 is 2.17 bits per heavy atom. The topological polar surface area (TPSA) is 92.9 Å². The van der Waals surface area contributed by atoms with Crippen LogP contribution in [0.4, 0.5) is 11.5 Å². The minimum atomic E-state index is -0.469. The zero-order chi connectivity index (χ0) is 13.7. The lowest BCUT2D eigenvalue weighted by atomic mass is 10.3. The van der Waals surface area contributed by atoms with Gasteiger partial charge in [0.2, 0.25) is 0 Å². The average Bonchev–Trinajstić information content (AvgIpc) is 2.33. The Balaban J connectivity index is 2.89. The van der Waals surface area contributed by atoms with Crippen LogP contribution in [-0.2, 0) is 6.54 Å². The van der Waals surface area contributed by atoms with Gasteiger partial charge in [-0.1, -0.05) is 6.92 Å². The molecule has 102 valence electrons. The average molecular weight is 272 g/mol. The smallest absolute Gasteiger partial charge is 0.330 e. The number of aromatic amines is 1. The molecule has 0 aliphatic heterocycles. The van der Waals surface area contributed by atoms with E-state index in [2.05, 4.69) is 17.2 Å². The van der Waals surface area contributed by atoms with Gasteiger partial charge in [-0.05, 0) is 19.6 Å². The predicted molar refractivity (Wildman–Crippen MR) is 77.5 cm³/mol. The highest BCUT2D eigenvalue weighted by molar-refractivity contribution is 7.99. The third-order valence-corrected chi connectivity index (χ3v) is 3.85. The zero-order valence-corrected chi connectivity index (χ0v) is 11.8. The van der Waals surface area contributed by atoms with E-state index in [9.17, 15) is 9.59 Å². The van der Waals surface area contributed by atoms with Crippen molar-refractivity contribution in [3.8, 4) is 0 Å². The fourth-order valence-corrected chi connectivity index (χ4v) is 1.94. The molecule has 0 aliphatic carbocycles. The Morgan fingerprint density at radius 3 is 2.72 bits per heavy atom. The summed E-state index contributed by atoms with van der Waals surface area (Å²) in [5, 5.41) is 3.52. The second kappa shape index (κ2) is 6.53. The Kier molecular flexibility index (Phi) is 5.33. The molecule has 4 N–H and O–H groups in total. The first-order valence-electron chi connectivity index (χ1n) is 5.90. The Labute approximate surface area is 110 Å². The van der Waals surface area contributed by atoms with Crippen molar-refractivity contribution in [1.82, 2.24) is 9.55 Å². The molecule has 7 heteroatoms. The number of H-pyrrole nitrogens is 1. The number of nitrogen functional groups attached to an aromatic ring is 1. The molecule has 0 aliphatic rings. The maximum absolute atomic E-state index is 11.7. The molecule has 6 nitrogen and oxygen atoms in total. The summed E-state index contributed by atoms with van der Waals surface area (Å²) in [6, 6.07) is 0. The van der Waals surface area contributed by atoms with Crippen LogP contribution in [0.1, 0.15) is 20.3 Å². The molecular formula is C11H20N4O2S. The van der Waals surface area contributed by atoms with Crippen LogP contribution in [-0.4, -0.2) is 27.6 Å². The monoisotopic (exact) mass is 272 g/mol. The summed E-state index contributed by atoms with van der Waals surface area (Å²) >= 11 is 1.77. The van der Waals surface area contributed by atoms with Crippen molar-refractivity contribution < 1.29 is 0 Å². The molecule has 18 heavy (non-hydrogen) atoms. The summed E-state index contributed by atoms with van der Waals surface area (Å²) < 4.78 is 1.34. The van der Waals surface area contributed by atoms with Crippen LogP contribution in [0.2, 0.25) is 0 Å². The summed E-state index contributed by atoms with van der Waals surface area (Å²) in [6.45, 7) is 5.00. The number of aromatic nitrogens is 2. The van der Waals surface area contributed by atoms with Gasteiger partial charge in [-0.15, -0.1) is 0 Å². The quantitative estimate of drug-likeness (QED) is 0.708. The van der Waals surface area contributed by atoms with Gasteiger partial charge in [0.1, 0.15) is 11.5 Å². The van der Waals surface area contributed by atoms with Crippen molar-refractivity contribution >= 4 is 23.3 Å². The molecule has 1 atom stereocenters. The normalized spacial score (nSPS) is 12.4. The number of nitrogens with zero attached hydrogens (tertiary/aromatic N) is 1. The van der Waals surface area contributed by atoms with Gasteiger partial charge < -0.3 is 11.1 Å². The lowest BCUT2D eigenvalue weighted by molar-refractivity contribution is 0.705. The third-order valence-electron chi connectivity index (χ3n) is 2.81. The molecule has 0 radical (unpaired) electrons. The van der Waals surface area contributed by atoms with E-state index in [1.165, 1.54) is 4.57 Å². The molecule has 1 unspecified atom stereocenters. The van der Waals surface area contributed by atoms with E-state index in [4.69, 9.17) is 5.73 Å². The highest BCUT2D eigenvalue weighted by Crippen LogP contribution is 2.12. The van der Waals surface area contributed by atoms with Gasteiger partial charge >= 0.3 is 5.69 Å². The predicted octanol–water partition coefficient (Wildman–Crippen LogP) is 0.692. The number of hydrogen-bond donors (Lipinski definition) is 3. The standard InChI is InChI=1S/C11H20N4O2S/c1-4-15-9(12)8(10(16)14-11(15)17)13-6-5-7(2)18-3/h7,13H,4-6,12H2,1-3H3,(H,14,16,17). The van der Waals surface area contributed by atoms with Gasteiger partial charge in [-0.2, -0.15) is 11.8 Å². The first-order valence-corrected chi connectivity index (χ1v) is 7.19. The van der Waals surface area contributed by atoms with E-state index >= 15 is 0 Å². The number of thioether (sulfide) groups is 1. The highest BCUT2D eigenvalue weighted by atomic mass is 32.2. The number of hydrogen-bond acceptors (Lipinski definition) is 5. The molecular weight excluding hydrogens is 252 g/mol. The van der Waals surface area contributed by atoms with Gasteiger partial charge in [-0.3, -0.25) is 14.3 Å². The lowest BCUT2D eigenvalue weighted by Crippen LogP contribution is -2.34. The second-order valence-corrected chi connectivity index (χ2v) is 5.30. The van der Waals surface area contributed by atoms with Crippen LogP contribution in [0, 0.1) is 0 Å². The number of anilines is 2. The summed E-state index contributed by atoms with van der Waals surface area (Å²) in [6.07, 6.45) is 2.97. The van der Waals surface area contributed by atoms with Crippen molar-refractivity contribution in [2.24, 2.45) is 0 Å². The van der Waals surface area contributed by atoms with Crippen molar-refractivity contribution in [3.05, 3.63) is 20.8 Å². The molecule has 1 aromatic heterocycles. The molecule has 0 aromatic carbocycles. The van der Waals surface area contributed by atoms with Gasteiger partial charge in [-0.25, -0.2) is 4.79 Å². The molecule has 0 bridgehead atoms. The minimum absolute atomic E-state index is 0.197. The van der Waals surface area contributed by atoms with Crippen molar-refractivity contribution in [2.75, 3.05) is 23.9 Å². The lowest BCUT2D eigenvalue weighted by Gasteiger charge is -2.13. The van der Waals surface area contributed by atoms with Crippen LogP contribution in [0.3, 0.4) is 0 Å². The molecule has 0 spiro atoms. The van der Waals surface area contributed by atoms with Crippen LogP contribution in [0.25, 0.3) is 0 Å². The molecule has 1 heterocycles. The summed E-state index contributed by atoms with van der Waals surface area (Å²) in [4.78, 5) is 25.4. The van der Waals surface area contributed by atoms with Crippen molar-refractivity contribution in [3.63, 3.8) is 0 Å². The van der Waals surface area contributed by atoms with E-state index < -0.39 is 11.2 Å². The molecule has 1 rings (SSSR count). The molecule has 1 aromatic rings. The molecule has 0 amide bonds. The SMILES string of the molecule is CCn1c(N)c(NCCC(C)SC)c(=O)[nH]c1=O. The second-order valence-electron chi connectivity index (χ2n) is 4.03. The minimum Gasteiger partial charge on any atom is -0.383 e. The maximum Gasteiger partial charge on any atom is 0.330 e. The molecule has 0 saturated carbocycles. The fourth-order valence-electron chi connectivity index (χ4n) is 1.59. The van der Waals surface area contributed by atoms with Gasteiger partial charge in [0.15, 0.2) is 0 Å². The third kappa shape index (κ3) is 3.32. The van der Waals surface area contributed by atoms with Crippen LogP contribution in [0.5, 0.6) is 0 Å². The number of nitrogens with two attached hydrogens (primary N) is 1. The van der Waals surface area contributed by atoms with E-state index in [1.54, 1.807) is 18.7 Å². The van der Waals surface area contributed by atoms with E-state index in [0.29, 0.717) is 18.3 Å². The van der Waals surface area contributed by atoms with E-state index in [0.717, 1.165) is 6.42 Å². The van der Waals surface area contributed by atoms with E-state index in [1.807, 2.05) is 6.26 Å². The van der Waals surface area contributed by atoms with Crippen LogP contribution < -0.4 is 22.3 Å². The maximum atomic E-state index is 11.7. The first kappa shape index (κ1) is 14.7. The zero-order valence-electron chi connectivity index (χ0n) is 10.9. The van der Waals surface area contributed by atoms with Crippen molar-refractivity contribution in [2.45, 2.75) is 32.1 Å². The van der Waals surface area contributed by atoms with E-state index in [-0.39, 0.29) is 11.5 Å². The molecule has 0 fully saturated rings. The van der Waals surface area contributed by atoms with Gasteiger partial charge in [0.25, 0.3) is 5.56 Å². The number of rotatable bonds is 6. The van der Waals surface area contributed by atoms with Crippen LogP contribution in [0.15, 0.2) is 9.59 Å². The first-order chi connectivity index (χ1) is 8.51. The fraction of sp³-hybridized carbons (Fsp3) is 0.636. The summed E-state index contributed by atoms with van der Waals surface area (Å²) in [7, 11) is 0. The number of nitrogens with one attached hydrogen (secondary N) is 2. The molecule has 0 saturated heterocycles. The van der Waals surface area contributed by atoms with Gasteiger partial charge in [0.05, 0.1) is 0 Å². The van der Waals surface area contributed by atoms with Gasteiger partial charge in [0, 0.05) is 18.3 Å². The Morgan fingerprint density at radius 1 is 1.50 bits per heavy atom. The summed E-state index contributed by atoms with van der Waals surface area (Å²) in [5.74, 6) is 0.197. The van der Waals surface area contributed by atoms with Crippen molar-refractivity contribution in [1.29, 1.82) is 0 Å². The Hall–Kier alpha value is -1.37. The summed E-state index contributed by atoms with van der Waals surface area (Å²) in [5.41, 5.74) is 5.17.